The molecular weight excluding hydrogens is 331 g/mol. The molecule has 1 fully saturated rings. The maximum Gasteiger partial charge on any atom is 0.494 e. The van der Waals surface area contributed by atoms with E-state index in [4.69, 9.17) is 9.31 Å². The fourth-order valence-electron chi connectivity index (χ4n) is 2.90. The number of rotatable bonds is 1. The molecule has 0 atom stereocenters. The quantitative estimate of drug-likeness (QED) is 0.543. The second-order valence-corrected chi connectivity index (χ2v) is 9.29. The van der Waals surface area contributed by atoms with Crippen molar-refractivity contribution in [2.75, 3.05) is 0 Å². The smallest absolute Gasteiger partial charge is 0.399 e. The molecule has 0 radical (unpaired) electrons. The predicted molar refractivity (Wildman–Crippen MR) is 113 cm³/mol. The first-order valence-corrected chi connectivity index (χ1v) is 9.56. The molecule has 0 aromatic heterocycles. The van der Waals surface area contributed by atoms with Gasteiger partial charge in [-0.05, 0) is 68.4 Å². The third-order valence-electron chi connectivity index (χ3n) is 5.54. The molecule has 1 saturated heterocycles. The van der Waals surface area contributed by atoms with Crippen LogP contribution < -0.4 is 5.46 Å². The van der Waals surface area contributed by atoms with Crippen LogP contribution in [-0.4, -0.2) is 18.3 Å². The molecule has 2 nitrogen and oxygen atoms in total. The van der Waals surface area contributed by atoms with Crippen molar-refractivity contribution >= 4 is 12.6 Å². The Hall–Kier alpha value is -2.02. The highest BCUT2D eigenvalue weighted by molar-refractivity contribution is 6.62. The van der Waals surface area contributed by atoms with Crippen molar-refractivity contribution in [1.82, 2.24) is 0 Å². The Bertz CT molecular complexity index is 844. The largest absolute Gasteiger partial charge is 0.494 e. The van der Waals surface area contributed by atoms with Crippen LogP contribution in [0.3, 0.4) is 0 Å². The minimum atomic E-state index is -0.332. The Kier molecular flexibility index (Phi) is 5.01. The molecule has 2 aromatic carbocycles. The maximum absolute atomic E-state index is 6.10. The van der Waals surface area contributed by atoms with Gasteiger partial charge in [0.25, 0.3) is 0 Å². The number of benzene rings is 2. The molecular formula is C24H29BO2. The average molecular weight is 360 g/mol. The Balaban J connectivity index is 1.72. The summed E-state index contributed by atoms with van der Waals surface area (Å²) in [6, 6.07) is 16.6. The number of hydrogen-bond donors (Lipinski definition) is 0. The molecule has 1 heterocycles. The van der Waals surface area contributed by atoms with Crippen LogP contribution in [0.5, 0.6) is 0 Å². The zero-order valence-electron chi connectivity index (χ0n) is 17.5. The van der Waals surface area contributed by atoms with Crippen LogP contribution in [0.1, 0.15) is 65.2 Å². The first-order chi connectivity index (χ1) is 12.5. The second kappa shape index (κ2) is 6.86. The molecule has 0 aliphatic carbocycles. The molecule has 140 valence electrons. The summed E-state index contributed by atoms with van der Waals surface area (Å²) in [6.45, 7) is 14.9. The van der Waals surface area contributed by atoms with Crippen LogP contribution in [0.25, 0.3) is 0 Å². The van der Waals surface area contributed by atoms with Crippen molar-refractivity contribution in [3.8, 4) is 11.8 Å². The highest BCUT2D eigenvalue weighted by atomic mass is 16.7. The van der Waals surface area contributed by atoms with Crippen LogP contribution in [0, 0.1) is 11.8 Å². The van der Waals surface area contributed by atoms with E-state index in [0.29, 0.717) is 0 Å². The molecule has 1 aliphatic rings. The summed E-state index contributed by atoms with van der Waals surface area (Å²) in [7, 11) is -0.332. The Labute approximate surface area is 164 Å². The van der Waals surface area contributed by atoms with E-state index in [0.717, 1.165) is 16.6 Å². The lowest BCUT2D eigenvalue weighted by molar-refractivity contribution is 0.00578. The van der Waals surface area contributed by atoms with E-state index in [9.17, 15) is 0 Å². The Morgan fingerprint density at radius 1 is 0.704 bits per heavy atom. The fourth-order valence-corrected chi connectivity index (χ4v) is 2.90. The van der Waals surface area contributed by atoms with Crippen LogP contribution >= 0.6 is 0 Å². The topological polar surface area (TPSA) is 18.5 Å². The van der Waals surface area contributed by atoms with Gasteiger partial charge in [0.2, 0.25) is 0 Å². The second-order valence-electron chi connectivity index (χ2n) is 9.29. The van der Waals surface area contributed by atoms with Crippen LogP contribution in [-0.2, 0) is 14.7 Å². The van der Waals surface area contributed by atoms with E-state index in [2.05, 4.69) is 84.6 Å². The number of hydrogen-bond acceptors (Lipinski definition) is 2. The Morgan fingerprint density at radius 2 is 1.11 bits per heavy atom. The maximum atomic E-state index is 6.10. The summed E-state index contributed by atoms with van der Waals surface area (Å²) >= 11 is 0. The highest BCUT2D eigenvalue weighted by Crippen LogP contribution is 2.36. The van der Waals surface area contributed by atoms with Crippen molar-refractivity contribution in [1.29, 1.82) is 0 Å². The van der Waals surface area contributed by atoms with E-state index in [1.54, 1.807) is 0 Å². The van der Waals surface area contributed by atoms with Gasteiger partial charge in [-0.25, -0.2) is 0 Å². The van der Waals surface area contributed by atoms with Crippen molar-refractivity contribution in [2.24, 2.45) is 0 Å². The molecule has 3 heteroatoms. The summed E-state index contributed by atoms with van der Waals surface area (Å²) < 4.78 is 12.2. The summed E-state index contributed by atoms with van der Waals surface area (Å²) in [5, 5.41) is 0. The molecule has 27 heavy (non-hydrogen) atoms. The van der Waals surface area contributed by atoms with Gasteiger partial charge < -0.3 is 9.31 Å². The molecule has 3 rings (SSSR count). The van der Waals surface area contributed by atoms with Gasteiger partial charge in [0, 0.05) is 11.1 Å². The van der Waals surface area contributed by atoms with Crippen molar-refractivity contribution in [3.63, 3.8) is 0 Å². The molecule has 0 spiro atoms. The van der Waals surface area contributed by atoms with Gasteiger partial charge >= 0.3 is 7.12 Å². The minimum Gasteiger partial charge on any atom is -0.399 e. The molecule has 0 saturated carbocycles. The predicted octanol–water partition coefficient (Wildman–Crippen LogP) is 4.68. The molecule has 2 aromatic rings. The Morgan fingerprint density at radius 3 is 1.52 bits per heavy atom. The van der Waals surface area contributed by atoms with Crippen molar-refractivity contribution in [3.05, 3.63) is 65.2 Å². The van der Waals surface area contributed by atoms with E-state index < -0.39 is 0 Å². The molecule has 1 aliphatic heterocycles. The van der Waals surface area contributed by atoms with Crippen molar-refractivity contribution in [2.45, 2.75) is 65.1 Å². The molecule has 0 bridgehead atoms. The third kappa shape index (κ3) is 4.29. The van der Waals surface area contributed by atoms with Gasteiger partial charge in [0.1, 0.15) is 0 Å². The lowest BCUT2D eigenvalue weighted by Crippen LogP contribution is -2.41. The molecule has 0 N–H and O–H groups in total. The average Bonchev–Trinajstić information content (AvgIpc) is 2.81. The standard InChI is InChI=1S/C24H29BO2/c1-22(2,3)20-14-10-18(11-15-20)8-9-19-12-16-21(17-13-19)25-26-23(4,5)24(6,7)27-25/h10-17H,1-7H3. The minimum absolute atomic E-state index is 0.162. The van der Waals surface area contributed by atoms with Gasteiger partial charge in [0.05, 0.1) is 11.2 Å². The van der Waals surface area contributed by atoms with Gasteiger partial charge in [-0.15, -0.1) is 0 Å². The van der Waals surface area contributed by atoms with Gasteiger partial charge in [-0.1, -0.05) is 56.9 Å². The zero-order chi connectivity index (χ0) is 19.9. The van der Waals surface area contributed by atoms with Gasteiger partial charge in [-0.2, -0.15) is 0 Å². The lowest BCUT2D eigenvalue weighted by atomic mass is 9.79. The van der Waals surface area contributed by atoms with Gasteiger partial charge in [0.15, 0.2) is 0 Å². The zero-order valence-corrected chi connectivity index (χ0v) is 17.5. The molecule has 0 amide bonds. The SMILES string of the molecule is CC(C)(C)c1ccc(C#Cc2ccc(B3OC(C)(C)C(C)(C)O3)cc2)cc1. The first kappa shape index (κ1) is 19.7. The summed E-state index contributed by atoms with van der Waals surface area (Å²) in [5.41, 5.74) is 3.86. The normalized spacial score (nSPS) is 18.1. The van der Waals surface area contributed by atoms with Crippen LogP contribution in [0.15, 0.2) is 48.5 Å². The van der Waals surface area contributed by atoms with E-state index in [-0.39, 0.29) is 23.7 Å². The van der Waals surface area contributed by atoms with Crippen LogP contribution in [0.2, 0.25) is 0 Å². The first-order valence-electron chi connectivity index (χ1n) is 9.56. The highest BCUT2D eigenvalue weighted by Gasteiger charge is 2.51. The summed E-state index contributed by atoms with van der Waals surface area (Å²) in [5.74, 6) is 6.48. The monoisotopic (exact) mass is 360 g/mol. The van der Waals surface area contributed by atoms with E-state index in [1.165, 1.54) is 5.56 Å². The molecule has 0 unspecified atom stereocenters. The fraction of sp³-hybridized carbons (Fsp3) is 0.417. The van der Waals surface area contributed by atoms with Crippen molar-refractivity contribution < 1.29 is 9.31 Å². The summed E-state index contributed by atoms with van der Waals surface area (Å²) in [6.07, 6.45) is 0. The third-order valence-corrected chi connectivity index (χ3v) is 5.54. The lowest BCUT2D eigenvalue weighted by Gasteiger charge is -2.32. The van der Waals surface area contributed by atoms with Crippen LogP contribution in [0.4, 0.5) is 0 Å². The van der Waals surface area contributed by atoms with Gasteiger partial charge in [-0.3, -0.25) is 0 Å². The summed E-state index contributed by atoms with van der Waals surface area (Å²) in [4.78, 5) is 0. The van der Waals surface area contributed by atoms with E-state index in [1.807, 2.05) is 24.3 Å². The van der Waals surface area contributed by atoms with E-state index >= 15 is 0 Å².